The van der Waals surface area contributed by atoms with E-state index in [9.17, 15) is 9.59 Å². The summed E-state index contributed by atoms with van der Waals surface area (Å²) in [6.07, 6.45) is 6.13. The second kappa shape index (κ2) is 13.4. The topological polar surface area (TPSA) is 194 Å². The Kier molecular flexibility index (Phi) is 8.15. The molecule has 7 aromatic rings. The highest BCUT2D eigenvalue weighted by Gasteiger charge is 2.31. The first kappa shape index (κ1) is 32.2. The summed E-state index contributed by atoms with van der Waals surface area (Å²) in [5, 5.41) is 20.1. The van der Waals surface area contributed by atoms with Crippen LogP contribution in [0.1, 0.15) is 17.7 Å². The van der Waals surface area contributed by atoms with Gasteiger partial charge in [-0.1, -0.05) is 41.9 Å². The lowest BCUT2D eigenvalue weighted by Crippen LogP contribution is -2.31. The van der Waals surface area contributed by atoms with Gasteiger partial charge in [0.15, 0.2) is 17.8 Å². The molecule has 0 saturated heterocycles. The quantitative estimate of drug-likeness (QED) is 0.158. The molecular weight excluding hydrogens is 696 g/mol. The third-order valence-corrected chi connectivity index (χ3v) is 9.52. The molecule has 0 aliphatic carbocycles. The molecule has 0 fully saturated rings. The maximum atomic E-state index is 13.1. The minimum Gasteiger partial charge on any atom is -0.480 e. The van der Waals surface area contributed by atoms with Gasteiger partial charge in [-0.3, -0.25) is 40.4 Å². The number of hydrogen-bond donors (Lipinski definition) is 4. The molecule has 0 bridgehead atoms. The van der Waals surface area contributed by atoms with E-state index in [4.69, 9.17) is 21.3 Å². The van der Waals surface area contributed by atoms with Crippen molar-refractivity contribution in [2.45, 2.75) is 31.9 Å². The first-order valence-electron chi connectivity index (χ1n) is 16.9. The van der Waals surface area contributed by atoms with Gasteiger partial charge in [-0.05, 0) is 65.6 Å². The lowest BCUT2D eigenvalue weighted by Gasteiger charge is -2.24. The summed E-state index contributed by atoms with van der Waals surface area (Å²) in [4.78, 5) is 48.3. The number of H-pyrrole nitrogens is 2. The first-order valence-corrected chi connectivity index (χ1v) is 17.3. The Morgan fingerprint density at radius 1 is 0.774 bits per heavy atom. The number of nitrogens with one attached hydrogen (secondary N) is 4. The zero-order valence-corrected chi connectivity index (χ0v) is 28.6. The highest BCUT2D eigenvalue weighted by molar-refractivity contribution is 6.30. The van der Waals surface area contributed by atoms with Crippen molar-refractivity contribution in [2.24, 2.45) is 5.92 Å². The largest absolute Gasteiger partial charge is 0.480 e. The van der Waals surface area contributed by atoms with Crippen LogP contribution in [-0.2, 0) is 29.0 Å². The second-order valence-electron chi connectivity index (χ2n) is 12.7. The number of nitrogens with zero attached hydrogens (tertiary/aromatic N) is 8. The smallest absolute Gasteiger partial charge is 0.268 e. The monoisotopic (exact) mass is 724 g/mol. The van der Waals surface area contributed by atoms with Gasteiger partial charge in [-0.15, -0.1) is 10.2 Å². The predicted molar refractivity (Wildman–Crippen MR) is 195 cm³/mol. The fourth-order valence-electron chi connectivity index (χ4n) is 6.60. The number of fused-ring (bicyclic) bond motifs is 2. The number of pyridine rings is 2. The van der Waals surface area contributed by atoms with Crippen molar-refractivity contribution in [3.05, 3.63) is 108 Å². The van der Waals surface area contributed by atoms with E-state index in [1.165, 1.54) is 0 Å². The van der Waals surface area contributed by atoms with E-state index in [1.807, 2.05) is 60.8 Å². The van der Waals surface area contributed by atoms with Crippen LogP contribution in [0, 0.1) is 5.92 Å². The van der Waals surface area contributed by atoms with Crippen LogP contribution < -0.4 is 15.4 Å². The Hall–Kier alpha value is -6.74. The Bertz CT molecular complexity index is 2480. The molecule has 0 radical (unpaired) electrons. The SMILES string of the molecule is O=C(Nc1n[nH]c(-c2ccccn2)n1)C1CCn2c(cnc2-c2ccc(-c3ccnc(-c4nc(NC(=O)C5Cc6cc(Cl)ccc6O5)n[nH]4)c3)cc2)C1. The van der Waals surface area contributed by atoms with Gasteiger partial charge < -0.3 is 9.30 Å². The van der Waals surface area contributed by atoms with E-state index in [0.717, 1.165) is 33.8 Å². The van der Waals surface area contributed by atoms with Crippen LogP contribution in [0.25, 0.3) is 45.6 Å². The first-order chi connectivity index (χ1) is 25.9. The molecule has 53 heavy (non-hydrogen) atoms. The van der Waals surface area contributed by atoms with Crippen molar-refractivity contribution in [2.75, 3.05) is 10.6 Å². The van der Waals surface area contributed by atoms with Gasteiger partial charge in [0.2, 0.25) is 17.8 Å². The number of anilines is 2. The molecule has 2 unspecified atom stereocenters. The number of imidazole rings is 1. The molecule has 16 heteroatoms. The Morgan fingerprint density at radius 2 is 1.53 bits per heavy atom. The molecule has 2 aliphatic rings. The minimum absolute atomic E-state index is 0.124. The molecular formula is C37H29ClN12O3. The van der Waals surface area contributed by atoms with Crippen molar-refractivity contribution in [3.8, 4) is 51.3 Å². The van der Waals surface area contributed by atoms with Gasteiger partial charge in [0.05, 0.1) is 0 Å². The Labute approximate surface area is 306 Å². The number of ether oxygens (including phenoxy) is 1. The summed E-state index contributed by atoms with van der Waals surface area (Å²) >= 11 is 6.08. The average Bonchev–Trinajstić information content (AvgIpc) is 4.02. The van der Waals surface area contributed by atoms with Gasteiger partial charge in [-0.2, -0.15) is 9.97 Å². The summed E-state index contributed by atoms with van der Waals surface area (Å²) < 4.78 is 7.95. The molecule has 0 spiro atoms. The normalized spacial score (nSPS) is 16.0. The third-order valence-electron chi connectivity index (χ3n) is 9.28. The average molecular weight is 725 g/mol. The van der Waals surface area contributed by atoms with Crippen molar-refractivity contribution >= 4 is 35.3 Å². The summed E-state index contributed by atoms with van der Waals surface area (Å²) in [6.45, 7) is 0.654. The zero-order valence-electron chi connectivity index (χ0n) is 27.8. The predicted octanol–water partition coefficient (Wildman–Crippen LogP) is 5.37. The number of benzene rings is 2. The summed E-state index contributed by atoms with van der Waals surface area (Å²) in [6, 6.07) is 22.7. The van der Waals surface area contributed by atoms with Crippen molar-refractivity contribution < 1.29 is 14.3 Å². The number of carbonyl (C=O) groups excluding carboxylic acids is 2. The standard InChI is InChI=1S/C37H29ClN12O3/c38-25-8-9-29-24(15-25)18-30(53-29)35(52)45-37-43-32(47-49-37)28-17-22(10-13-40-28)20-4-6-21(7-5-20)33-41-19-26-16-23(11-14-50(26)33)34(51)44-36-42-31(46-48-36)27-3-1-2-12-39-27/h1-10,12-13,15,17,19,23,30H,11,14,16,18H2,(H2,42,44,46,48,51)(H2,43,45,47,49,52). The summed E-state index contributed by atoms with van der Waals surface area (Å²) in [5.74, 6) is 2.01. The van der Waals surface area contributed by atoms with E-state index in [2.05, 4.69) is 55.5 Å². The van der Waals surface area contributed by atoms with Crippen LogP contribution >= 0.6 is 11.6 Å². The fourth-order valence-corrected chi connectivity index (χ4v) is 6.80. The van der Waals surface area contributed by atoms with Gasteiger partial charge in [0, 0.05) is 60.2 Å². The molecule has 5 aromatic heterocycles. The molecule has 2 amide bonds. The van der Waals surface area contributed by atoms with Gasteiger partial charge in [-0.25, -0.2) is 4.98 Å². The molecule has 2 atom stereocenters. The number of aromatic amines is 2. The molecule has 0 saturated carbocycles. The highest BCUT2D eigenvalue weighted by atomic mass is 35.5. The Balaban J connectivity index is 0.834. The van der Waals surface area contributed by atoms with Crippen LogP contribution in [0.2, 0.25) is 5.02 Å². The number of rotatable bonds is 8. The summed E-state index contributed by atoms with van der Waals surface area (Å²) in [7, 11) is 0. The lowest BCUT2D eigenvalue weighted by molar-refractivity contribution is -0.122. The maximum absolute atomic E-state index is 13.1. The number of halogens is 1. The van der Waals surface area contributed by atoms with E-state index in [0.29, 0.717) is 59.6 Å². The number of carbonyl (C=O) groups is 2. The van der Waals surface area contributed by atoms with E-state index in [1.54, 1.807) is 30.6 Å². The number of hydrogen-bond acceptors (Lipinski definition) is 10. The van der Waals surface area contributed by atoms with Gasteiger partial charge >= 0.3 is 0 Å². The second-order valence-corrected chi connectivity index (χ2v) is 13.1. The molecule has 15 nitrogen and oxygen atoms in total. The lowest BCUT2D eigenvalue weighted by atomic mass is 9.95. The van der Waals surface area contributed by atoms with Gasteiger partial charge in [0.1, 0.15) is 23.0 Å². The van der Waals surface area contributed by atoms with E-state index >= 15 is 0 Å². The van der Waals surface area contributed by atoms with E-state index < -0.39 is 6.10 Å². The number of aromatic nitrogens is 10. The Morgan fingerprint density at radius 3 is 2.32 bits per heavy atom. The van der Waals surface area contributed by atoms with E-state index in [-0.39, 0.29) is 29.6 Å². The van der Waals surface area contributed by atoms with Gasteiger partial charge in [0.25, 0.3) is 5.91 Å². The molecule has 7 heterocycles. The zero-order chi connectivity index (χ0) is 35.9. The maximum Gasteiger partial charge on any atom is 0.268 e. The third kappa shape index (κ3) is 6.49. The van der Waals surface area contributed by atoms with Crippen LogP contribution in [-0.4, -0.2) is 67.8 Å². The van der Waals surface area contributed by atoms with Crippen LogP contribution in [0.15, 0.2) is 91.4 Å². The molecule has 2 aliphatic heterocycles. The molecule has 4 N–H and O–H groups in total. The molecule has 262 valence electrons. The minimum atomic E-state index is -0.704. The molecule has 2 aromatic carbocycles. The van der Waals surface area contributed by atoms with Crippen LogP contribution in [0.3, 0.4) is 0 Å². The number of amides is 2. The van der Waals surface area contributed by atoms with Crippen LogP contribution in [0.5, 0.6) is 5.75 Å². The summed E-state index contributed by atoms with van der Waals surface area (Å²) in [5.41, 5.74) is 5.95. The van der Waals surface area contributed by atoms with Crippen molar-refractivity contribution in [1.29, 1.82) is 0 Å². The van der Waals surface area contributed by atoms with Crippen molar-refractivity contribution in [3.63, 3.8) is 0 Å². The van der Waals surface area contributed by atoms with Crippen molar-refractivity contribution in [1.82, 2.24) is 49.9 Å². The van der Waals surface area contributed by atoms with Crippen LogP contribution in [0.4, 0.5) is 11.9 Å². The highest BCUT2D eigenvalue weighted by Crippen LogP contribution is 2.33. The molecule has 9 rings (SSSR count). The fraction of sp³-hybridized carbons (Fsp3) is 0.162.